The molecule has 1 aromatic rings. The maximum Gasteiger partial charge on any atom is 0.134 e. The summed E-state index contributed by atoms with van der Waals surface area (Å²) in [6.45, 7) is 1.85. The Balaban J connectivity index is 2.95. The van der Waals surface area contributed by atoms with Crippen LogP contribution in [0.15, 0.2) is 18.2 Å². The summed E-state index contributed by atoms with van der Waals surface area (Å²) in [5.74, 6) is -0.238. The molecule has 76 valence electrons. The van der Waals surface area contributed by atoms with Gasteiger partial charge in [0, 0.05) is 13.5 Å². The first-order chi connectivity index (χ1) is 6.63. The highest BCUT2D eigenvalue weighted by Gasteiger charge is 2.05. The van der Waals surface area contributed by atoms with E-state index in [0.717, 1.165) is 11.1 Å². The lowest BCUT2D eigenvalue weighted by Crippen LogP contribution is -2.02. The number of ether oxygens (including phenoxy) is 1. The number of carbonyl (C=O) groups is 1. The predicted octanol–water partition coefficient (Wildman–Crippen LogP) is 2.10. The first-order valence-electron chi connectivity index (χ1n) is 4.39. The van der Waals surface area contributed by atoms with E-state index < -0.39 is 0 Å². The second-order valence-electron chi connectivity index (χ2n) is 3.22. The Hall–Kier alpha value is -1.22. The van der Waals surface area contributed by atoms with Gasteiger partial charge in [0.05, 0.1) is 6.61 Å². The fourth-order valence-electron chi connectivity index (χ4n) is 1.33. The summed E-state index contributed by atoms with van der Waals surface area (Å²) in [5.41, 5.74) is 1.57. The molecule has 2 nitrogen and oxygen atoms in total. The summed E-state index contributed by atoms with van der Waals surface area (Å²) in [7, 11) is 1.54. The van der Waals surface area contributed by atoms with Crippen LogP contribution in [0.4, 0.5) is 4.39 Å². The van der Waals surface area contributed by atoms with Crippen molar-refractivity contribution in [1.29, 1.82) is 0 Å². The third kappa shape index (κ3) is 2.92. The maximum atomic E-state index is 12.9. The Morgan fingerprint density at radius 1 is 1.43 bits per heavy atom. The van der Waals surface area contributed by atoms with Gasteiger partial charge in [-0.15, -0.1) is 0 Å². The fourth-order valence-corrected chi connectivity index (χ4v) is 1.33. The first kappa shape index (κ1) is 10.9. The molecule has 14 heavy (non-hydrogen) atoms. The molecule has 0 amide bonds. The van der Waals surface area contributed by atoms with E-state index in [2.05, 4.69) is 0 Å². The average Bonchev–Trinajstić information content (AvgIpc) is 2.09. The quantitative estimate of drug-likeness (QED) is 0.737. The summed E-state index contributed by atoms with van der Waals surface area (Å²) in [4.78, 5) is 10.9. The Morgan fingerprint density at radius 3 is 2.71 bits per heavy atom. The molecule has 0 saturated carbocycles. The molecule has 0 N–H and O–H groups in total. The number of halogens is 1. The molecule has 0 unspecified atom stereocenters. The molecular weight excluding hydrogens is 183 g/mol. The molecule has 0 aliphatic heterocycles. The predicted molar refractivity (Wildman–Crippen MR) is 51.5 cm³/mol. The molecule has 1 aromatic carbocycles. The van der Waals surface area contributed by atoms with Gasteiger partial charge in [0.25, 0.3) is 0 Å². The van der Waals surface area contributed by atoms with Gasteiger partial charge in [0.1, 0.15) is 11.6 Å². The number of ketones is 1. The summed E-state index contributed by atoms with van der Waals surface area (Å²) in [6, 6.07) is 4.39. The molecule has 1 rings (SSSR count). The lowest BCUT2D eigenvalue weighted by Gasteiger charge is -2.07. The van der Waals surface area contributed by atoms with Crippen LogP contribution in [0.1, 0.15) is 18.1 Å². The highest BCUT2D eigenvalue weighted by molar-refractivity contribution is 5.78. The number of rotatable bonds is 4. The number of hydrogen-bond donors (Lipinski definition) is 0. The number of methoxy groups -OCH3 is 1. The number of carbonyl (C=O) groups excluding carboxylic acids is 1. The Bertz CT molecular complexity index is 334. The monoisotopic (exact) mass is 196 g/mol. The van der Waals surface area contributed by atoms with Crippen LogP contribution in [0.3, 0.4) is 0 Å². The third-order valence-electron chi connectivity index (χ3n) is 1.91. The van der Waals surface area contributed by atoms with Crippen molar-refractivity contribution in [2.45, 2.75) is 20.0 Å². The van der Waals surface area contributed by atoms with Crippen molar-refractivity contribution in [3.63, 3.8) is 0 Å². The number of benzene rings is 1. The fraction of sp³-hybridized carbons (Fsp3) is 0.364. The SMILES string of the molecule is COCc1cc(F)ccc1CC(C)=O. The molecule has 0 aliphatic carbocycles. The van der Waals surface area contributed by atoms with Gasteiger partial charge in [-0.25, -0.2) is 4.39 Å². The van der Waals surface area contributed by atoms with Gasteiger partial charge in [0.15, 0.2) is 0 Å². The van der Waals surface area contributed by atoms with Crippen molar-refractivity contribution < 1.29 is 13.9 Å². The zero-order chi connectivity index (χ0) is 10.6. The van der Waals surface area contributed by atoms with Gasteiger partial charge in [-0.3, -0.25) is 4.79 Å². The van der Waals surface area contributed by atoms with Gasteiger partial charge in [-0.1, -0.05) is 6.07 Å². The van der Waals surface area contributed by atoms with Crippen LogP contribution >= 0.6 is 0 Å². The van der Waals surface area contributed by atoms with E-state index in [1.165, 1.54) is 19.1 Å². The zero-order valence-electron chi connectivity index (χ0n) is 8.34. The molecule has 0 aromatic heterocycles. The second-order valence-corrected chi connectivity index (χ2v) is 3.22. The maximum absolute atomic E-state index is 12.9. The van der Waals surface area contributed by atoms with Crippen LogP contribution in [-0.4, -0.2) is 12.9 Å². The normalized spacial score (nSPS) is 10.2. The molecular formula is C11H13FO2. The van der Waals surface area contributed by atoms with E-state index >= 15 is 0 Å². The highest BCUT2D eigenvalue weighted by atomic mass is 19.1. The standard InChI is InChI=1S/C11H13FO2/c1-8(13)5-9-3-4-11(12)6-10(9)7-14-2/h3-4,6H,5,7H2,1-2H3. The van der Waals surface area contributed by atoms with Crippen LogP contribution in [0.5, 0.6) is 0 Å². The lowest BCUT2D eigenvalue weighted by atomic mass is 10.0. The van der Waals surface area contributed by atoms with E-state index in [-0.39, 0.29) is 11.6 Å². The summed E-state index contributed by atoms with van der Waals surface area (Å²) in [5, 5.41) is 0. The molecule has 0 radical (unpaired) electrons. The topological polar surface area (TPSA) is 26.3 Å². The van der Waals surface area contributed by atoms with E-state index in [4.69, 9.17) is 4.74 Å². The van der Waals surface area contributed by atoms with Gasteiger partial charge in [0.2, 0.25) is 0 Å². The first-order valence-corrected chi connectivity index (χ1v) is 4.39. The Kier molecular flexibility index (Phi) is 3.77. The Morgan fingerprint density at radius 2 is 2.14 bits per heavy atom. The molecule has 0 heterocycles. The van der Waals surface area contributed by atoms with Crippen molar-refractivity contribution in [3.8, 4) is 0 Å². The van der Waals surface area contributed by atoms with Crippen LogP contribution in [0.2, 0.25) is 0 Å². The summed E-state index contributed by atoms with van der Waals surface area (Å²) >= 11 is 0. The van der Waals surface area contributed by atoms with Gasteiger partial charge in [-0.2, -0.15) is 0 Å². The molecule has 3 heteroatoms. The van der Waals surface area contributed by atoms with E-state index in [1.807, 2.05) is 0 Å². The molecule has 0 bridgehead atoms. The van der Waals surface area contributed by atoms with Gasteiger partial charge < -0.3 is 4.74 Å². The molecule has 0 saturated heterocycles. The van der Waals surface area contributed by atoms with Crippen molar-refractivity contribution in [2.24, 2.45) is 0 Å². The molecule has 0 aliphatic rings. The largest absolute Gasteiger partial charge is 0.380 e. The minimum absolute atomic E-state index is 0.0639. The Labute approximate surface area is 82.7 Å². The van der Waals surface area contributed by atoms with Crippen LogP contribution in [0, 0.1) is 5.82 Å². The minimum Gasteiger partial charge on any atom is -0.380 e. The van der Waals surface area contributed by atoms with Crippen LogP contribution < -0.4 is 0 Å². The number of hydrogen-bond acceptors (Lipinski definition) is 2. The third-order valence-corrected chi connectivity index (χ3v) is 1.91. The summed E-state index contributed by atoms with van der Waals surface area (Å²) in [6.07, 6.45) is 0.332. The van der Waals surface area contributed by atoms with E-state index in [0.29, 0.717) is 13.0 Å². The molecule has 0 atom stereocenters. The highest BCUT2D eigenvalue weighted by Crippen LogP contribution is 2.13. The van der Waals surface area contributed by atoms with E-state index in [9.17, 15) is 9.18 Å². The van der Waals surface area contributed by atoms with Crippen LogP contribution in [0.25, 0.3) is 0 Å². The molecule has 0 fully saturated rings. The van der Waals surface area contributed by atoms with Crippen LogP contribution in [-0.2, 0) is 22.6 Å². The van der Waals surface area contributed by atoms with Crippen molar-refractivity contribution in [2.75, 3.05) is 7.11 Å². The number of Topliss-reactive ketones (excluding diaryl/α,β-unsaturated/α-hetero) is 1. The van der Waals surface area contributed by atoms with Gasteiger partial charge >= 0.3 is 0 Å². The summed E-state index contributed by atoms with van der Waals surface area (Å²) < 4.78 is 17.8. The average molecular weight is 196 g/mol. The van der Waals surface area contributed by atoms with E-state index in [1.54, 1.807) is 13.2 Å². The lowest BCUT2D eigenvalue weighted by molar-refractivity contribution is -0.116. The van der Waals surface area contributed by atoms with Crippen molar-refractivity contribution >= 4 is 5.78 Å². The zero-order valence-corrected chi connectivity index (χ0v) is 8.34. The van der Waals surface area contributed by atoms with Crippen molar-refractivity contribution in [3.05, 3.63) is 35.1 Å². The van der Waals surface area contributed by atoms with Crippen molar-refractivity contribution in [1.82, 2.24) is 0 Å². The van der Waals surface area contributed by atoms with Gasteiger partial charge in [-0.05, 0) is 30.2 Å². The second kappa shape index (κ2) is 4.86. The smallest absolute Gasteiger partial charge is 0.134 e. The minimum atomic E-state index is -0.302. The molecule has 0 spiro atoms.